The van der Waals surface area contributed by atoms with Gasteiger partial charge in [-0.15, -0.1) is 0 Å². The van der Waals surface area contributed by atoms with E-state index in [1.54, 1.807) is 20.3 Å². The van der Waals surface area contributed by atoms with Crippen LogP contribution in [0.1, 0.15) is 15.9 Å². The molecule has 0 atom stereocenters. The van der Waals surface area contributed by atoms with Gasteiger partial charge < -0.3 is 19.3 Å². The van der Waals surface area contributed by atoms with Crippen molar-refractivity contribution in [3.63, 3.8) is 0 Å². The van der Waals surface area contributed by atoms with Crippen LogP contribution in [0.3, 0.4) is 0 Å². The van der Waals surface area contributed by atoms with Crippen molar-refractivity contribution in [1.29, 1.82) is 0 Å². The van der Waals surface area contributed by atoms with Crippen LogP contribution in [0.15, 0.2) is 59.1 Å². The molecule has 144 valence electrons. The molecule has 0 fully saturated rings. The number of aromatic hydroxyl groups is 1. The molecule has 0 amide bonds. The average molecular weight is 443 g/mol. The lowest BCUT2D eigenvalue weighted by Gasteiger charge is -2.14. The molecule has 6 heteroatoms. The highest BCUT2D eigenvalue weighted by atomic mass is 79.9. The van der Waals surface area contributed by atoms with E-state index in [1.807, 2.05) is 36.4 Å². The van der Waals surface area contributed by atoms with Crippen LogP contribution in [0, 0.1) is 0 Å². The van der Waals surface area contributed by atoms with Gasteiger partial charge in [-0.3, -0.25) is 4.79 Å². The third-order valence-corrected chi connectivity index (χ3v) is 5.23. The average Bonchev–Trinajstić information content (AvgIpc) is 2.72. The number of carbonyl (C=O) groups excluding carboxylic acids is 1. The lowest BCUT2D eigenvalue weighted by atomic mass is 10.0. The Hall–Kier alpha value is -2.99. The molecule has 3 aromatic carbocycles. The molecule has 0 saturated heterocycles. The Morgan fingerprint density at radius 1 is 1.00 bits per heavy atom. The third kappa shape index (κ3) is 4.12. The number of rotatable bonds is 7. The van der Waals surface area contributed by atoms with E-state index in [1.165, 1.54) is 12.1 Å². The van der Waals surface area contributed by atoms with Crippen LogP contribution >= 0.6 is 15.9 Å². The van der Waals surface area contributed by atoms with Gasteiger partial charge in [-0.1, -0.05) is 24.3 Å². The molecule has 3 rings (SSSR count). The standard InChI is InChI=1S/C22H19BrO5/c1-26-20-9-7-14(10-21(20)27-2)18-5-3-4-16(22(18)23)13-28-17-8-6-15(12-24)19(25)11-17/h3-12,25H,13H2,1-2H3. The summed E-state index contributed by atoms with van der Waals surface area (Å²) in [7, 11) is 3.21. The number of aldehydes is 1. The van der Waals surface area contributed by atoms with E-state index in [4.69, 9.17) is 14.2 Å². The molecule has 0 aliphatic heterocycles. The maximum absolute atomic E-state index is 10.8. The van der Waals surface area contributed by atoms with Gasteiger partial charge in [0, 0.05) is 16.1 Å². The first-order chi connectivity index (χ1) is 13.6. The van der Waals surface area contributed by atoms with E-state index in [9.17, 15) is 9.90 Å². The highest BCUT2D eigenvalue weighted by Crippen LogP contribution is 2.37. The Morgan fingerprint density at radius 2 is 1.79 bits per heavy atom. The third-order valence-electron chi connectivity index (χ3n) is 4.30. The lowest BCUT2D eigenvalue weighted by Crippen LogP contribution is -1.98. The van der Waals surface area contributed by atoms with Gasteiger partial charge in [-0.2, -0.15) is 0 Å². The minimum atomic E-state index is -0.106. The molecule has 5 nitrogen and oxygen atoms in total. The second-order valence-electron chi connectivity index (χ2n) is 5.98. The molecule has 0 aliphatic carbocycles. The highest BCUT2D eigenvalue weighted by Gasteiger charge is 2.12. The Morgan fingerprint density at radius 3 is 2.46 bits per heavy atom. The van der Waals surface area contributed by atoms with Crippen molar-refractivity contribution in [1.82, 2.24) is 0 Å². The summed E-state index contributed by atoms with van der Waals surface area (Å²) in [5.74, 6) is 1.69. The lowest BCUT2D eigenvalue weighted by molar-refractivity contribution is 0.112. The van der Waals surface area contributed by atoms with Crippen LogP contribution < -0.4 is 14.2 Å². The fourth-order valence-electron chi connectivity index (χ4n) is 2.79. The van der Waals surface area contributed by atoms with Crippen molar-refractivity contribution < 1.29 is 24.1 Å². The first-order valence-corrected chi connectivity index (χ1v) is 9.27. The van der Waals surface area contributed by atoms with Crippen LogP contribution in [0.5, 0.6) is 23.0 Å². The van der Waals surface area contributed by atoms with Crippen LogP contribution in [0.4, 0.5) is 0 Å². The summed E-state index contributed by atoms with van der Waals surface area (Å²) in [5.41, 5.74) is 3.12. The van der Waals surface area contributed by atoms with Crippen LogP contribution in [-0.2, 0) is 6.61 Å². The molecule has 0 radical (unpaired) electrons. The predicted octanol–water partition coefficient (Wildman–Crippen LogP) is 5.23. The maximum Gasteiger partial charge on any atom is 0.161 e. The Labute approximate surface area is 171 Å². The summed E-state index contributed by atoms with van der Waals surface area (Å²) in [6.07, 6.45) is 0.600. The SMILES string of the molecule is COc1ccc(-c2cccc(COc3ccc(C=O)c(O)c3)c2Br)cc1OC. The number of phenols is 1. The largest absolute Gasteiger partial charge is 0.507 e. The maximum atomic E-state index is 10.8. The van der Waals surface area contributed by atoms with Gasteiger partial charge in [-0.05, 0) is 51.3 Å². The minimum absolute atomic E-state index is 0.106. The van der Waals surface area contributed by atoms with Gasteiger partial charge in [0.05, 0.1) is 19.8 Å². The topological polar surface area (TPSA) is 65.0 Å². The molecule has 0 spiro atoms. The summed E-state index contributed by atoms with van der Waals surface area (Å²) in [5, 5.41) is 9.79. The molecule has 1 N–H and O–H groups in total. The van der Waals surface area contributed by atoms with Crippen LogP contribution in [-0.4, -0.2) is 25.6 Å². The highest BCUT2D eigenvalue weighted by molar-refractivity contribution is 9.10. The van der Waals surface area contributed by atoms with Crippen molar-refractivity contribution in [2.24, 2.45) is 0 Å². The fraction of sp³-hybridized carbons (Fsp3) is 0.136. The molecule has 3 aromatic rings. The molecule has 0 saturated carbocycles. The predicted molar refractivity (Wildman–Crippen MR) is 111 cm³/mol. The molecular weight excluding hydrogens is 424 g/mol. The van der Waals surface area contributed by atoms with Gasteiger partial charge in [0.15, 0.2) is 17.8 Å². The van der Waals surface area contributed by atoms with E-state index in [0.29, 0.717) is 30.1 Å². The zero-order valence-corrected chi connectivity index (χ0v) is 17.0. The van der Waals surface area contributed by atoms with Crippen molar-refractivity contribution >= 4 is 22.2 Å². The number of benzene rings is 3. The van der Waals surface area contributed by atoms with Gasteiger partial charge >= 0.3 is 0 Å². The second-order valence-corrected chi connectivity index (χ2v) is 6.77. The molecule has 0 aliphatic rings. The van der Waals surface area contributed by atoms with E-state index >= 15 is 0 Å². The van der Waals surface area contributed by atoms with E-state index in [2.05, 4.69) is 15.9 Å². The minimum Gasteiger partial charge on any atom is -0.507 e. The number of ether oxygens (including phenoxy) is 3. The number of halogens is 1. The second kappa shape index (κ2) is 8.80. The van der Waals surface area contributed by atoms with Crippen molar-refractivity contribution in [2.75, 3.05) is 14.2 Å². The smallest absolute Gasteiger partial charge is 0.161 e. The summed E-state index contributed by atoms with van der Waals surface area (Å²) >= 11 is 3.66. The molecule has 28 heavy (non-hydrogen) atoms. The van der Waals surface area contributed by atoms with Gasteiger partial charge in [0.2, 0.25) is 0 Å². The molecular formula is C22H19BrO5. The Kier molecular flexibility index (Phi) is 6.21. The number of phenolic OH excluding ortho intramolecular Hbond substituents is 1. The van der Waals surface area contributed by atoms with E-state index in [-0.39, 0.29) is 11.3 Å². The summed E-state index contributed by atoms with van der Waals surface area (Å²) < 4.78 is 17.4. The molecule has 0 aromatic heterocycles. The Balaban J connectivity index is 1.85. The van der Waals surface area contributed by atoms with Crippen molar-refractivity contribution in [3.05, 3.63) is 70.2 Å². The quantitative estimate of drug-likeness (QED) is 0.507. The van der Waals surface area contributed by atoms with E-state index in [0.717, 1.165) is 21.2 Å². The Bertz CT molecular complexity index is 1000. The summed E-state index contributed by atoms with van der Waals surface area (Å²) in [6.45, 7) is 0.293. The number of carbonyl (C=O) groups is 1. The van der Waals surface area contributed by atoms with E-state index < -0.39 is 0 Å². The number of hydrogen-bond donors (Lipinski definition) is 1. The molecule has 0 heterocycles. The number of hydrogen-bond acceptors (Lipinski definition) is 5. The first kappa shape index (κ1) is 19.8. The van der Waals surface area contributed by atoms with Gasteiger partial charge in [0.1, 0.15) is 18.1 Å². The first-order valence-electron chi connectivity index (χ1n) is 8.48. The number of methoxy groups -OCH3 is 2. The van der Waals surface area contributed by atoms with Crippen LogP contribution in [0.25, 0.3) is 11.1 Å². The zero-order valence-electron chi connectivity index (χ0n) is 15.4. The van der Waals surface area contributed by atoms with Gasteiger partial charge in [-0.25, -0.2) is 0 Å². The van der Waals surface area contributed by atoms with Crippen molar-refractivity contribution in [3.8, 4) is 34.1 Å². The van der Waals surface area contributed by atoms with Gasteiger partial charge in [0.25, 0.3) is 0 Å². The summed E-state index contributed by atoms with van der Waals surface area (Å²) in [4.78, 5) is 10.8. The van der Waals surface area contributed by atoms with Crippen molar-refractivity contribution in [2.45, 2.75) is 6.61 Å². The normalized spacial score (nSPS) is 10.4. The zero-order chi connectivity index (χ0) is 20.1. The molecule has 0 unspecified atom stereocenters. The monoisotopic (exact) mass is 442 g/mol. The fourth-order valence-corrected chi connectivity index (χ4v) is 3.40. The molecule has 0 bridgehead atoms. The summed E-state index contributed by atoms with van der Waals surface area (Å²) in [6, 6.07) is 16.2. The van der Waals surface area contributed by atoms with Crippen LogP contribution in [0.2, 0.25) is 0 Å².